The number of benzene rings is 1. The number of carboxylic acids is 1. The van der Waals surface area contributed by atoms with Crippen LogP contribution in [0.15, 0.2) is 55.0 Å². The highest BCUT2D eigenvalue weighted by molar-refractivity contribution is 5.93. The monoisotopic (exact) mass is 423 g/mol. The number of anilines is 1. The molecule has 0 radical (unpaired) electrons. The van der Waals surface area contributed by atoms with Crippen LogP contribution in [0.1, 0.15) is 41.7 Å². The van der Waals surface area contributed by atoms with Gasteiger partial charge in [0.2, 0.25) is 0 Å². The van der Waals surface area contributed by atoms with Crippen molar-refractivity contribution in [3.8, 4) is 11.5 Å². The van der Waals surface area contributed by atoms with Crippen molar-refractivity contribution in [1.29, 1.82) is 0 Å². The van der Waals surface area contributed by atoms with E-state index in [0.717, 1.165) is 12.0 Å². The van der Waals surface area contributed by atoms with Gasteiger partial charge in [0.25, 0.3) is 0 Å². The van der Waals surface area contributed by atoms with E-state index < -0.39 is 11.8 Å². The number of nitrogens with zero attached hydrogens (tertiary/aromatic N) is 4. The number of nitrogens with one attached hydrogen (secondary N) is 1. The van der Waals surface area contributed by atoms with E-state index in [1.165, 1.54) is 47.3 Å². The topological polar surface area (TPSA) is 92.4 Å². The maximum Gasteiger partial charge on any atom is 0.341 e. The third-order valence-electron chi connectivity index (χ3n) is 4.88. The number of carboxylic acid groups (broad SMARTS) is 1. The van der Waals surface area contributed by atoms with Crippen molar-refractivity contribution >= 4 is 17.4 Å². The van der Waals surface area contributed by atoms with Gasteiger partial charge in [-0.25, -0.2) is 28.5 Å². The molecule has 7 nitrogen and oxygen atoms in total. The van der Waals surface area contributed by atoms with Crippen LogP contribution in [-0.4, -0.2) is 30.4 Å². The fraction of sp³-hybridized carbons (Fsp3) is 0.182. The molecule has 1 atom stereocenters. The zero-order chi connectivity index (χ0) is 22.0. The first-order valence-corrected chi connectivity index (χ1v) is 9.71. The highest BCUT2D eigenvalue weighted by Gasteiger charge is 2.20. The fourth-order valence-corrected chi connectivity index (χ4v) is 3.36. The van der Waals surface area contributed by atoms with E-state index in [9.17, 15) is 18.7 Å². The first kappa shape index (κ1) is 20.4. The summed E-state index contributed by atoms with van der Waals surface area (Å²) in [6.45, 7) is 1.99. The smallest absolute Gasteiger partial charge is 0.341 e. The lowest BCUT2D eigenvalue weighted by molar-refractivity contribution is 0.0697. The second kappa shape index (κ2) is 8.47. The molecule has 0 aliphatic heterocycles. The molecule has 0 saturated carbocycles. The molecule has 9 heteroatoms. The third kappa shape index (κ3) is 4.20. The second-order valence-corrected chi connectivity index (χ2v) is 7.02. The first-order chi connectivity index (χ1) is 15.0. The molecule has 0 amide bonds. The minimum Gasteiger partial charge on any atom is -0.477 e. The summed E-state index contributed by atoms with van der Waals surface area (Å²) >= 11 is 0. The van der Waals surface area contributed by atoms with Crippen LogP contribution in [0.2, 0.25) is 0 Å². The molecule has 1 aromatic carbocycles. The molecule has 3 heterocycles. The second-order valence-electron chi connectivity index (χ2n) is 7.02. The summed E-state index contributed by atoms with van der Waals surface area (Å²) in [6.07, 6.45) is 5.45. The number of aromatic nitrogens is 4. The van der Waals surface area contributed by atoms with Gasteiger partial charge < -0.3 is 10.4 Å². The molecule has 0 spiro atoms. The van der Waals surface area contributed by atoms with Crippen molar-refractivity contribution < 1.29 is 18.7 Å². The van der Waals surface area contributed by atoms with E-state index in [0.29, 0.717) is 17.8 Å². The standard InChI is InChI=1S/C22H19F2N5O2/c1-2-3-17(13-4-6-14(23)7-5-13)27-20-16(22(30)31)10-26-21(28-20)18-11-25-19-9-8-15(24)12-29(18)19/h4-12,17H,2-3H2,1H3,(H,30,31)(H,26,27,28). The van der Waals surface area contributed by atoms with E-state index in [1.54, 1.807) is 12.1 Å². The molecule has 2 N–H and O–H groups in total. The van der Waals surface area contributed by atoms with Gasteiger partial charge in [0, 0.05) is 12.4 Å². The lowest BCUT2D eigenvalue weighted by atomic mass is 10.0. The number of hydrogen-bond donors (Lipinski definition) is 2. The first-order valence-electron chi connectivity index (χ1n) is 9.71. The Labute approximate surface area is 176 Å². The highest BCUT2D eigenvalue weighted by Crippen LogP contribution is 2.27. The SMILES string of the molecule is CCCC(Nc1nc(-c2cnc3ccc(F)cn23)ncc1C(=O)O)c1ccc(F)cc1. The fourth-order valence-electron chi connectivity index (χ4n) is 3.36. The van der Waals surface area contributed by atoms with Gasteiger partial charge in [-0.05, 0) is 36.2 Å². The molecule has 0 aliphatic carbocycles. The van der Waals surface area contributed by atoms with E-state index >= 15 is 0 Å². The zero-order valence-electron chi connectivity index (χ0n) is 16.6. The molecular formula is C22H19F2N5O2. The third-order valence-corrected chi connectivity index (χ3v) is 4.88. The molecule has 0 saturated heterocycles. The number of hydrogen-bond acceptors (Lipinski definition) is 5. The Morgan fingerprint density at radius 1 is 1.10 bits per heavy atom. The van der Waals surface area contributed by atoms with E-state index in [4.69, 9.17) is 0 Å². The van der Waals surface area contributed by atoms with Gasteiger partial charge in [-0.1, -0.05) is 25.5 Å². The summed E-state index contributed by atoms with van der Waals surface area (Å²) in [6, 6.07) is 8.55. The van der Waals surface area contributed by atoms with Gasteiger partial charge in [0.05, 0.1) is 12.2 Å². The van der Waals surface area contributed by atoms with Crippen LogP contribution in [0.25, 0.3) is 17.2 Å². The highest BCUT2D eigenvalue weighted by atomic mass is 19.1. The molecule has 0 fully saturated rings. The van der Waals surface area contributed by atoms with Crippen LogP contribution in [0, 0.1) is 11.6 Å². The van der Waals surface area contributed by atoms with Gasteiger partial charge in [-0.2, -0.15) is 0 Å². The predicted octanol–water partition coefficient (Wildman–Crippen LogP) is 4.72. The number of rotatable bonds is 7. The maximum atomic E-state index is 13.7. The summed E-state index contributed by atoms with van der Waals surface area (Å²) in [7, 11) is 0. The van der Waals surface area contributed by atoms with Crippen LogP contribution in [0.5, 0.6) is 0 Å². The summed E-state index contributed by atoms with van der Waals surface area (Å²) in [5, 5.41) is 12.8. The largest absolute Gasteiger partial charge is 0.477 e. The van der Waals surface area contributed by atoms with Crippen LogP contribution in [-0.2, 0) is 0 Å². The average molecular weight is 423 g/mol. The Morgan fingerprint density at radius 2 is 1.84 bits per heavy atom. The Bertz CT molecular complexity index is 1240. The van der Waals surface area contributed by atoms with Crippen LogP contribution in [0.4, 0.5) is 14.6 Å². The molecule has 0 bridgehead atoms. The van der Waals surface area contributed by atoms with E-state index in [2.05, 4.69) is 20.3 Å². The number of aromatic carboxylic acids is 1. The molecule has 4 rings (SSSR count). The molecular weight excluding hydrogens is 404 g/mol. The van der Waals surface area contributed by atoms with E-state index in [-0.39, 0.29) is 29.1 Å². The van der Waals surface area contributed by atoms with Crippen LogP contribution in [0.3, 0.4) is 0 Å². The quantitative estimate of drug-likeness (QED) is 0.447. The van der Waals surface area contributed by atoms with Crippen molar-refractivity contribution in [3.63, 3.8) is 0 Å². The Morgan fingerprint density at radius 3 is 2.55 bits per heavy atom. The minimum absolute atomic E-state index is 0.105. The molecule has 31 heavy (non-hydrogen) atoms. The number of imidazole rings is 1. The Balaban J connectivity index is 1.77. The predicted molar refractivity (Wildman–Crippen MR) is 111 cm³/mol. The van der Waals surface area contributed by atoms with Gasteiger partial charge >= 0.3 is 5.97 Å². The van der Waals surface area contributed by atoms with Gasteiger partial charge in [-0.3, -0.25) is 4.40 Å². The summed E-state index contributed by atoms with van der Waals surface area (Å²) in [5.41, 5.74) is 1.62. The van der Waals surface area contributed by atoms with E-state index in [1.807, 2.05) is 6.92 Å². The van der Waals surface area contributed by atoms with Crippen molar-refractivity contribution in [1.82, 2.24) is 19.4 Å². The van der Waals surface area contributed by atoms with Crippen LogP contribution < -0.4 is 5.32 Å². The van der Waals surface area contributed by atoms with Crippen molar-refractivity contribution in [2.24, 2.45) is 0 Å². The minimum atomic E-state index is -1.19. The Kier molecular flexibility index (Phi) is 5.57. The molecule has 3 aromatic heterocycles. The van der Waals surface area contributed by atoms with Gasteiger partial charge in [-0.15, -0.1) is 0 Å². The lowest BCUT2D eigenvalue weighted by Gasteiger charge is -2.20. The average Bonchev–Trinajstić information content (AvgIpc) is 3.17. The number of carbonyl (C=O) groups is 1. The van der Waals surface area contributed by atoms with Crippen LogP contribution >= 0.6 is 0 Å². The lowest BCUT2D eigenvalue weighted by Crippen LogP contribution is -2.16. The zero-order valence-corrected chi connectivity index (χ0v) is 16.6. The molecule has 158 valence electrons. The summed E-state index contributed by atoms with van der Waals surface area (Å²) < 4.78 is 28.6. The normalized spacial score (nSPS) is 12.1. The summed E-state index contributed by atoms with van der Waals surface area (Å²) in [4.78, 5) is 24.6. The van der Waals surface area contributed by atoms with Crippen molar-refractivity contribution in [2.75, 3.05) is 5.32 Å². The van der Waals surface area contributed by atoms with Gasteiger partial charge in [0.15, 0.2) is 5.82 Å². The molecule has 0 aliphatic rings. The molecule has 4 aromatic rings. The summed E-state index contributed by atoms with van der Waals surface area (Å²) in [5.74, 6) is -1.68. The number of halogens is 2. The molecule has 1 unspecified atom stereocenters. The Hall–Kier alpha value is -3.88. The number of pyridine rings is 1. The number of fused-ring (bicyclic) bond motifs is 1. The van der Waals surface area contributed by atoms with Gasteiger partial charge in [0.1, 0.15) is 34.4 Å². The van der Waals surface area contributed by atoms with Crippen molar-refractivity contribution in [2.45, 2.75) is 25.8 Å². The van der Waals surface area contributed by atoms with Crippen molar-refractivity contribution in [3.05, 3.63) is 77.8 Å². The maximum absolute atomic E-state index is 13.7.